The highest BCUT2D eigenvalue weighted by Crippen LogP contribution is 2.55. The second-order valence-corrected chi connectivity index (χ2v) is 15.7. The van der Waals surface area contributed by atoms with Crippen LogP contribution in [0.2, 0.25) is 5.02 Å². The minimum atomic E-state index is -3.60. The van der Waals surface area contributed by atoms with Gasteiger partial charge < -0.3 is 19.9 Å². The first-order valence-corrected chi connectivity index (χ1v) is 17.7. The molecule has 0 spiro atoms. The molecule has 1 saturated heterocycles. The first kappa shape index (κ1) is 31.5. The van der Waals surface area contributed by atoms with Gasteiger partial charge in [0.25, 0.3) is 0 Å². The van der Waals surface area contributed by atoms with Crippen LogP contribution in [0, 0.1) is 17.8 Å². The van der Waals surface area contributed by atoms with Crippen LogP contribution in [0.3, 0.4) is 0 Å². The zero-order valence-corrected chi connectivity index (χ0v) is 26.7. The summed E-state index contributed by atoms with van der Waals surface area (Å²) in [6, 6.07) is 7.33. The average molecular weight is 623 g/mol. The molecular weight excluding hydrogens is 576 g/mol. The maximum absolute atomic E-state index is 13.8. The van der Waals surface area contributed by atoms with E-state index in [-0.39, 0.29) is 49.0 Å². The van der Waals surface area contributed by atoms with Crippen LogP contribution < -0.4 is 5.32 Å². The van der Waals surface area contributed by atoms with E-state index in [2.05, 4.69) is 5.32 Å². The van der Waals surface area contributed by atoms with Crippen LogP contribution in [0.25, 0.3) is 0 Å². The first-order chi connectivity index (χ1) is 20.1. The number of nitrogens with zero attached hydrogens (tertiary/aromatic N) is 3. The molecule has 3 amide bonds. The van der Waals surface area contributed by atoms with Crippen molar-refractivity contribution in [2.45, 2.75) is 82.8 Å². The molecule has 42 heavy (non-hydrogen) atoms. The van der Waals surface area contributed by atoms with Gasteiger partial charge in [0.2, 0.25) is 15.9 Å². The quantitative estimate of drug-likeness (QED) is 0.370. The van der Waals surface area contributed by atoms with Crippen molar-refractivity contribution in [1.82, 2.24) is 19.4 Å². The number of methoxy groups -OCH3 is 1. The lowest BCUT2D eigenvalue weighted by atomic mass is 9.53. The molecule has 6 rings (SSSR count). The standard InChI is InChI=1S/C31H47ClN4O5S/c1-3-13-42(39,40)35(11-12-41-2)22-29(37)36(21-23-5-4-6-27(32)17-23)28-7-9-34(10-8-28)30(38)33-31-18-24-14-25(19-31)16-26(15-24)20-31/h4-6,17,24-26,28H,3,7-16,18-22H2,1-2H3,(H,33,38). The fourth-order valence-corrected chi connectivity index (χ4v) is 9.99. The van der Waals surface area contributed by atoms with Crippen LogP contribution in [0.15, 0.2) is 24.3 Å². The highest BCUT2D eigenvalue weighted by Gasteiger charge is 2.52. The molecule has 0 atom stereocenters. The highest BCUT2D eigenvalue weighted by molar-refractivity contribution is 7.89. The second kappa shape index (κ2) is 13.4. The normalized spacial score (nSPS) is 27.4. The molecule has 5 aliphatic rings. The van der Waals surface area contributed by atoms with Crippen molar-refractivity contribution in [3.8, 4) is 0 Å². The molecule has 1 aromatic rings. The number of carbonyl (C=O) groups excluding carboxylic acids is 2. The molecule has 0 radical (unpaired) electrons. The van der Waals surface area contributed by atoms with Crippen LogP contribution in [0.1, 0.15) is 70.3 Å². The van der Waals surface area contributed by atoms with E-state index >= 15 is 0 Å². The SMILES string of the molecule is CCCS(=O)(=O)N(CCOC)CC(=O)N(Cc1cccc(Cl)c1)C1CCN(C(=O)NC23CC4CC(CC(C4)C2)C3)CC1. The monoisotopic (exact) mass is 622 g/mol. The Kier molecular flexibility index (Phi) is 10.1. The Morgan fingerprint density at radius 3 is 2.31 bits per heavy atom. The number of piperidine rings is 1. The first-order valence-electron chi connectivity index (χ1n) is 15.7. The van der Waals surface area contributed by atoms with E-state index in [9.17, 15) is 18.0 Å². The summed E-state index contributed by atoms with van der Waals surface area (Å²) < 4.78 is 32.4. The molecule has 4 aliphatic carbocycles. The number of rotatable bonds is 12. The summed E-state index contributed by atoms with van der Waals surface area (Å²) in [5, 5.41) is 4.07. The summed E-state index contributed by atoms with van der Waals surface area (Å²) in [7, 11) is -2.08. The number of benzene rings is 1. The number of nitrogens with one attached hydrogen (secondary N) is 1. The Hall–Kier alpha value is -1.88. The molecule has 1 N–H and O–H groups in total. The topological polar surface area (TPSA) is 99.3 Å². The summed E-state index contributed by atoms with van der Waals surface area (Å²) >= 11 is 6.26. The molecule has 234 valence electrons. The number of urea groups is 1. The van der Waals surface area contributed by atoms with E-state index in [4.69, 9.17) is 16.3 Å². The third-order valence-electron chi connectivity index (χ3n) is 9.88. The molecule has 9 nitrogen and oxygen atoms in total. The van der Waals surface area contributed by atoms with Crippen LogP contribution in [0.5, 0.6) is 0 Å². The Morgan fingerprint density at radius 2 is 1.74 bits per heavy atom. The highest BCUT2D eigenvalue weighted by atomic mass is 35.5. The minimum Gasteiger partial charge on any atom is -0.383 e. The molecule has 0 aromatic heterocycles. The molecule has 11 heteroatoms. The van der Waals surface area contributed by atoms with Crippen molar-refractivity contribution in [1.29, 1.82) is 0 Å². The molecule has 1 aromatic carbocycles. The van der Waals surface area contributed by atoms with Gasteiger partial charge in [0.1, 0.15) is 0 Å². The summed E-state index contributed by atoms with van der Waals surface area (Å²) in [5.41, 5.74) is 0.852. The van der Waals surface area contributed by atoms with Crippen molar-refractivity contribution < 1.29 is 22.7 Å². The fourth-order valence-electron chi connectivity index (χ4n) is 8.34. The van der Waals surface area contributed by atoms with Crippen LogP contribution in [0.4, 0.5) is 4.79 Å². The number of carbonyl (C=O) groups is 2. The number of sulfonamides is 1. The zero-order chi connectivity index (χ0) is 29.9. The van der Waals surface area contributed by atoms with Gasteiger partial charge in [-0.3, -0.25) is 4.79 Å². The van der Waals surface area contributed by atoms with Gasteiger partial charge >= 0.3 is 6.03 Å². The van der Waals surface area contributed by atoms with Crippen molar-refractivity contribution >= 4 is 33.6 Å². The third kappa shape index (κ3) is 7.42. The van der Waals surface area contributed by atoms with Gasteiger partial charge in [0.05, 0.1) is 18.9 Å². The Balaban J connectivity index is 1.25. The van der Waals surface area contributed by atoms with Gasteiger partial charge in [-0.1, -0.05) is 30.7 Å². The Labute approximate surface area is 256 Å². The average Bonchev–Trinajstić information content (AvgIpc) is 2.93. The fraction of sp³-hybridized carbons (Fsp3) is 0.742. The van der Waals surface area contributed by atoms with E-state index in [1.807, 2.05) is 30.0 Å². The lowest BCUT2D eigenvalue weighted by molar-refractivity contribution is -0.135. The van der Waals surface area contributed by atoms with E-state index in [0.717, 1.165) is 42.6 Å². The molecule has 1 aliphatic heterocycles. The number of ether oxygens (including phenoxy) is 1. The van der Waals surface area contributed by atoms with E-state index in [1.54, 1.807) is 11.0 Å². The van der Waals surface area contributed by atoms with Crippen LogP contribution >= 0.6 is 11.6 Å². The van der Waals surface area contributed by atoms with Gasteiger partial charge in [0, 0.05) is 49.9 Å². The third-order valence-corrected chi connectivity index (χ3v) is 12.1. The van der Waals surface area contributed by atoms with E-state index in [1.165, 1.54) is 30.7 Å². The Morgan fingerprint density at radius 1 is 1.10 bits per heavy atom. The summed E-state index contributed by atoms with van der Waals surface area (Å²) in [6.07, 6.45) is 9.09. The molecule has 4 bridgehead atoms. The van der Waals surface area contributed by atoms with E-state index < -0.39 is 10.0 Å². The maximum Gasteiger partial charge on any atom is 0.317 e. The number of halogens is 1. The predicted octanol–water partition coefficient (Wildman–Crippen LogP) is 4.50. The largest absolute Gasteiger partial charge is 0.383 e. The number of hydrogen-bond acceptors (Lipinski definition) is 5. The lowest BCUT2D eigenvalue weighted by Gasteiger charge is -2.57. The van der Waals surface area contributed by atoms with Crippen LogP contribution in [-0.4, -0.2) is 91.7 Å². The van der Waals surface area contributed by atoms with Crippen molar-refractivity contribution in [2.75, 3.05) is 45.6 Å². The molecule has 1 heterocycles. The van der Waals surface area contributed by atoms with Crippen molar-refractivity contribution in [2.24, 2.45) is 17.8 Å². The summed E-state index contributed by atoms with van der Waals surface area (Å²) in [4.78, 5) is 31.0. The van der Waals surface area contributed by atoms with E-state index in [0.29, 0.717) is 43.9 Å². The van der Waals surface area contributed by atoms with Gasteiger partial charge in [-0.05, 0) is 93.2 Å². The minimum absolute atomic E-state index is 0.0183. The smallest absolute Gasteiger partial charge is 0.317 e. The second-order valence-electron chi connectivity index (χ2n) is 13.1. The molecule has 5 fully saturated rings. The Bertz CT molecular complexity index is 1180. The summed E-state index contributed by atoms with van der Waals surface area (Å²) in [5.74, 6) is 2.02. The molecule has 0 unspecified atom stereocenters. The maximum atomic E-state index is 13.8. The number of likely N-dealkylation sites (tertiary alicyclic amines) is 1. The summed E-state index contributed by atoms with van der Waals surface area (Å²) in [6.45, 7) is 3.36. The molecule has 4 saturated carbocycles. The zero-order valence-electron chi connectivity index (χ0n) is 25.1. The molecular formula is C31H47ClN4O5S. The van der Waals surface area contributed by atoms with Gasteiger partial charge in [0.15, 0.2) is 0 Å². The lowest BCUT2D eigenvalue weighted by Crippen LogP contribution is -2.62. The van der Waals surface area contributed by atoms with Gasteiger partial charge in [-0.25, -0.2) is 13.2 Å². The van der Waals surface area contributed by atoms with Crippen LogP contribution in [-0.2, 0) is 26.1 Å². The van der Waals surface area contributed by atoms with Crippen molar-refractivity contribution in [3.05, 3.63) is 34.9 Å². The van der Waals surface area contributed by atoms with Gasteiger partial charge in [-0.2, -0.15) is 4.31 Å². The number of hydrogen-bond donors (Lipinski definition) is 1. The van der Waals surface area contributed by atoms with Gasteiger partial charge in [-0.15, -0.1) is 0 Å². The number of amides is 3. The predicted molar refractivity (Wildman–Crippen MR) is 164 cm³/mol. The van der Waals surface area contributed by atoms with Crippen molar-refractivity contribution in [3.63, 3.8) is 0 Å².